The lowest BCUT2D eigenvalue weighted by molar-refractivity contribution is -0.124. The van der Waals surface area contributed by atoms with Gasteiger partial charge in [-0.3, -0.25) is 4.79 Å². The lowest BCUT2D eigenvalue weighted by Crippen LogP contribution is -2.57. The molecule has 2 rings (SSSR count). The Balaban J connectivity index is 1.76. The maximum Gasteiger partial charge on any atom is 0.258 e. The molecule has 0 unspecified atom stereocenters. The van der Waals surface area contributed by atoms with Gasteiger partial charge in [-0.15, -0.1) is 0 Å². The Bertz CT molecular complexity index is 527. The van der Waals surface area contributed by atoms with E-state index in [1.807, 2.05) is 6.07 Å². The summed E-state index contributed by atoms with van der Waals surface area (Å²) in [5.41, 5.74) is 0.689. The van der Waals surface area contributed by atoms with Gasteiger partial charge in [-0.2, -0.15) is 5.26 Å². The number of hydrogen-bond acceptors (Lipinski definition) is 4. The Hall–Kier alpha value is -2.06. The fraction of sp³-hybridized carbons (Fsp3) is 0.500. The predicted octanol–water partition coefficient (Wildman–Crippen LogP) is 1.54. The molecule has 1 aromatic rings. The molecule has 1 amide bonds. The normalized spacial score (nSPS) is 15.9. The average molecular weight is 287 g/mol. The molecule has 5 heteroatoms. The number of hydrogen-bond donors (Lipinski definition) is 1. The highest BCUT2D eigenvalue weighted by Gasteiger charge is 2.39. The van der Waals surface area contributed by atoms with E-state index in [1.54, 1.807) is 24.3 Å². The van der Waals surface area contributed by atoms with E-state index in [-0.39, 0.29) is 18.1 Å². The number of rotatable bonds is 6. The van der Waals surface area contributed by atoms with E-state index in [0.29, 0.717) is 17.9 Å². The minimum absolute atomic E-state index is 0.00455. The van der Waals surface area contributed by atoms with Crippen LogP contribution in [-0.2, 0) is 4.79 Å². The molecule has 0 aromatic heterocycles. The molecule has 0 aliphatic heterocycles. The predicted molar refractivity (Wildman–Crippen MR) is 79.9 cm³/mol. The molecule has 0 bridgehead atoms. The fourth-order valence-electron chi connectivity index (χ4n) is 2.46. The zero-order chi connectivity index (χ0) is 15.3. The van der Waals surface area contributed by atoms with Crippen LogP contribution in [0.5, 0.6) is 5.75 Å². The van der Waals surface area contributed by atoms with Crippen LogP contribution in [0, 0.1) is 11.3 Å². The van der Waals surface area contributed by atoms with Crippen molar-refractivity contribution in [3.8, 4) is 11.8 Å². The van der Waals surface area contributed by atoms with E-state index < -0.39 is 0 Å². The Morgan fingerprint density at radius 2 is 2.05 bits per heavy atom. The highest BCUT2D eigenvalue weighted by atomic mass is 16.5. The zero-order valence-corrected chi connectivity index (χ0v) is 12.6. The van der Waals surface area contributed by atoms with Crippen LogP contribution in [0.2, 0.25) is 0 Å². The van der Waals surface area contributed by atoms with E-state index >= 15 is 0 Å². The maximum atomic E-state index is 11.8. The first-order valence-corrected chi connectivity index (χ1v) is 7.13. The smallest absolute Gasteiger partial charge is 0.258 e. The van der Waals surface area contributed by atoms with E-state index in [0.717, 1.165) is 12.8 Å². The summed E-state index contributed by atoms with van der Waals surface area (Å²) in [5.74, 6) is 0.475. The SMILES string of the molecule is CN(C)C1(CNC(=O)COc2ccc(C#N)cc2)CCC1. The maximum absolute atomic E-state index is 11.8. The van der Waals surface area contributed by atoms with Crippen molar-refractivity contribution in [2.24, 2.45) is 0 Å². The molecule has 21 heavy (non-hydrogen) atoms. The molecule has 1 aromatic carbocycles. The molecule has 0 heterocycles. The van der Waals surface area contributed by atoms with Gasteiger partial charge in [-0.25, -0.2) is 0 Å². The standard InChI is InChI=1S/C16H21N3O2/c1-19(2)16(8-3-9-16)12-18-15(20)11-21-14-6-4-13(10-17)5-7-14/h4-7H,3,8-9,11-12H2,1-2H3,(H,18,20). The van der Waals surface area contributed by atoms with Gasteiger partial charge in [0.15, 0.2) is 6.61 Å². The number of nitrogens with one attached hydrogen (secondary N) is 1. The largest absolute Gasteiger partial charge is 0.484 e. The number of benzene rings is 1. The summed E-state index contributed by atoms with van der Waals surface area (Å²) in [5, 5.41) is 11.6. The summed E-state index contributed by atoms with van der Waals surface area (Å²) in [6.45, 7) is 0.658. The van der Waals surface area contributed by atoms with Gasteiger partial charge in [0.2, 0.25) is 0 Å². The quantitative estimate of drug-likeness (QED) is 0.862. The van der Waals surface area contributed by atoms with Crippen LogP contribution < -0.4 is 10.1 Å². The number of likely N-dealkylation sites (N-methyl/N-ethyl adjacent to an activating group) is 1. The molecule has 1 saturated carbocycles. The zero-order valence-electron chi connectivity index (χ0n) is 12.6. The number of carbonyl (C=O) groups excluding carboxylic acids is 1. The Morgan fingerprint density at radius 3 is 2.52 bits per heavy atom. The molecule has 1 N–H and O–H groups in total. The lowest BCUT2D eigenvalue weighted by atomic mass is 9.75. The molecule has 0 atom stereocenters. The average Bonchev–Trinajstić information content (AvgIpc) is 2.44. The van der Waals surface area contributed by atoms with Crippen LogP contribution in [0.1, 0.15) is 24.8 Å². The third kappa shape index (κ3) is 3.73. The number of ether oxygens (including phenoxy) is 1. The highest BCUT2D eigenvalue weighted by molar-refractivity contribution is 5.77. The Morgan fingerprint density at radius 1 is 1.38 bits per heavy atom. The van der Waals surface area contributed by atoms with Crippen LogP contribution in [0.15, 0.2) is 24.3 Å². The summed E-state index contributed by atoms with van der Waals surface area (Å²) >= 11 is 0. The van der Waals surface area contributed by atoms with Crippen molar-refractivity contribution in [3.63, 3.8) is 0 Å². The second kappa shape index (κ2) is 6.59. The molecule has 0 saturated heterocycles. The van der Waals surface area contributed by atoms with Gasteiger partial charge in [0, 0.05) is 12.1 Å². The molecule has 1 aliphatic rings. The lowest BCUT2D eigenvalue weighted by Gasteiger charge is -2.47. The Kier molecular flexibility index (Phi) is 4.81. The molecule has 112 valence electrons. The first kappa shape index (κ1) is 15.3. The molecular weight excluding hydrogens is 266 g/mol. The number of amides is 1. The van der Waals surface area contributed by atoms with Crippen molar-refractivity contribution in [2.45, 2.75) is 24.8 Å². The van der Waals surface area contributed by atoms with Gasteiger partial charge in [0.25, 0.3) is 5.91 Å². The van der Waals surface area contributed by atoms with E-state index in [4.69, 9.17) is 10.00 Å². The van der Waals surface area contributed by atoms with Gasteiger partial charge < -0.3 is 15.0 Å². The topological polar surface area (TPSA) is 65.4 Å². The minimum Gasteiger partial charge on any atom is -0.484 e. The highest BCUT2D eigenvalue weighted by Crippen LogP contribution is 2.35. The van der Waals surface area contributed by atoms with Crippen LogP contribution in [0.25, 0.3) is 0 Å². The summed E-state index contributed by atoms with van der Waals surface area (Å²) in [7, 11) is 4.11. The van der Waals surface area contributed by atoms with E-state index in [9.17, 15) is 4.79 Å². The molecule has 0 radical (unpaired) electrons. The third-order valence-corrected chi connectivity index (χ3v) is 4.20. The first-order valence-electron chi connectivity index (χ1n) is 7.13. The first-order chi connectivity index (χ1) is 10.1. The number of carbonyl (C=O) groups is 1. The number of nitrogens with zero attached hydrogens (tertiary/aromatic N) is 2. The van der Waals surface area contributed by atoms with Gasteiger partial charge in [0.1, 0.15) is 5.75 Å². The van der Waals surface area contributed by atoms with Gasteiger partial charge >= 0.3 is 0 Å². The summed E-state index contributed by atoms with van der Waals surface area (Å²) in [6, 6.07) is 8.77. The van der Waals surface area contributed by atoms with Crippen LogP contribution >= 0.6 is 0 Å². The summed E-state index contributed by atoms with van der Waals surface area (Å²) < 4.78 is 5.41. The number of nitriles is 1. The van der Waals surface area contributed by atoms with Crippen LogP contribution in [0.4, 0.5) is 0 Å². The Labute approximate surface area is 125 Å². The van der Waals surface area contributed by atoms with Gasteiger partial charge in [-0.1, -0.05) is 0 Å². The second-order valence-corrected chi connectivity index (χ2v) is 5.67. The van der Waals surface area contributed by atoms with Gasteiger partial charge in [0.05, 0.1) is 11.6 Å². The molecule has 0 spiro atoms. The van der Waals surface area contributed by atoms with Crippen LogP contribution in [-0.4, -0.2) is 43.6 Å². The molecule has 1 fully saturated rings. The van der Waals surface area contributed by atoms with Crippen molar-refractivity contribution in [1.82, 2.24) is 10.2 Å². The molecule has 1 aliphatic carbocycles. The fourth-order valence-corrected chi connectivity index (χ4v) is 2.46. The van der Waals surface area contributed by atoms with E-state index in [1.165, 1.54) is 6.42 Å². The summed E-state index contributed by atoms with van der Waals surface area (Å²) in [6.07, 6.45) is 3.46. The van der Waals surface area contributed by atoms with Crippen LogP contribution in [0.3, 0.4) is 0 Å². The van der Waals surface area contributed by atoms with Crippen molar-refractivity contribution in [2.75, 3.05) is 27.2 Å². The summed E-state index contributed by atoms with van der Waals surface area (Å²) in [4.78, 5) is 14.0. The van der Waals surface area contributed by atoms with Crippen molar-refractivity contribution >= 4 is 5.91 Å². The molecular formula is C16H21N3O2. The minimum atomic E-state index is -0.118. The van der Waals surface area contributed by atoms with Crippen molar-refractivity contribution in [3.05, 3.63) is 29.8 Å². The van der Waals surface area contributed by atoms with Gasteiger partial charge in [-0.05, 0) is 57.6 Å². The second-order valence-electron chi connectivity index (χ2n) is 5.67. The van der Waals surface area contributed by atoms with E-state index in [2.05, 4.69) is 24.3 Å². The molecule has 5 nitrogen and oxygen atoms in total. The monoisotopic (exact) mass is 287 g/mol. The van der Waals surface area contributed by atoms with Crippen molar-refractivity contribution < 1.29 is 9.53 Å². The van der Waals surface area contributed by atoms with Crippen molar-refractivity contribution in [1.29, 1.82) is 5.26 Å². The third-order valence-electron chi connectivity index (χ3n) is 4.20.